The van der Waals surface area contributed by atoms with Gasteiger partial charge in [-0.2, -0.15) is 0 Å². The Balaban J connectivity index is 1.85. The molecule has 2 heterocycles. The van der Waals surface area contributed by atoms with E-state index in [1.54, 1.807) is 13.2 Å². The predicted octanol–water partition coefficient (Wildman–Crippen LogP) is 3.51. The molecule has 26 heavy (non-hydrogen) atoms. The third-order valence-electron chi connectivity index (χ3n) is 3.85. The average Bonchev–Trinajstić information content (AvgIpc) is 2.97. The quantitative estimate of drug-likeness (QED) is 0.512. The number of imidazole rings is 1. The number of hydrogen-bond acceptors (Lipinski definition) is 5. The minimum absolute atomic E-state index is 0.583. The third kappa shape index (κ3) is 3.80. The van der Waals surface area contributed by atoms with Crippen molar-refractivity contribution in [3.05, 3.63) is 55.0 Å². The molecular formula is C18H21N7O+2. The van der Waals surface area contributed by atoms with Gasteiger partial charge in [-0.1, -0.05) is 11.2 Å². The number of pyridine rings is 1. The molecule has 0 spiro atoms. The van der Waals surface area contributed by atoms with Crippen molar-refractivity contribution in [2.75, 3.05) is 7.11 Å². The van der Waals surface area contributed by atoms with Gasteiger partial charge in [-0.25, -0.2) is 13.7 Å². The van der Waals surface area contributed by atoms with Crippen molar-refractivity contribution >= 4 is 23.1 Å². The summed E-state index contributed by atoms with van der Waals surface area (Å²) >= 11 is 0. The second-order valence-electron chi connectivity index (χ2n) is 5.75. The minimum atomic E-state index is 0.583. The van der Waals surface area contributed by atoms with Crippen molar-refractivity contribution < 1.29 is 13.9 Å². The van der Waals surface area contributed by atoms with Crippen LogP contribution < -0.4 is 13.9 Å². The predicted molar refractivity (Wildman–Crippen MR) is 95.6 cm³/mol. The molecule has 0 atom stereocenters. The molecule has 132 valence electrons. The molecule has 0 saturated carbocycles. The van der Waals surface area contributed by atoms with Gasteiger partial charge in [-0.05, 0) is 23.3 Å². The summed E-state index contributed by atoms with van der Waals surface area (Å²) in [6.45, 7) is 0. The Morgan fingerprint density at radius 1 is 0.923 bits per heavy atom. The normalized spacial score (nSPS) is 11.5. The highest BCUT2D eigenvalue weighted by molar-refractivity contribution is 5.58. The van der Waals surface area contributed by atoms with E-state index in [1.165, 1.54) is 0 Å². The molecule has 0 amide bonds. The standard InChI is InChI=1S/C18H21N7O/c1-23-10-6-5-7-17(23)21-20-15-9-8-14(13-16(15)26-4)19-22-18-24(2)11-12-25(18)3/h5-13H,1-4H3/q+2. The fraction of sp³-hybridized carbons (Fsp3) is 0.222. The fourth-order valence-corrected chi connectivity index (χ4v) is 2.36. The lowest BCUT2D eigenvalue weighted by molar-refractivity contribution is -0.658. The van der Waals surface area contributed by atoms with E-state index in [0.29, 0.717) is 17.1 Å². The number of rotatable bonds is 5. The van der Waals surface area contributed by atoms with Crippen LogP contribution in [-0.2, 0) is 21.1 Å². The fourth-order valence-electron chi connectivity index (χ4n) is 2.36. The molecule has 0 radical (unpaired) electrons. The van der Waals surface area contributed by atoms with Crippen LogP contribution in [0.2, 0.25) is 0 Å². The monoisotopic (exact) mass is 351 g/mol. The van der Waals surface area contributed by atoms with Crippen LogP contribution in [0.4, 0.5) is 23.1 Å². The minimum Gasteiger partial charge on any atom is -0.494 e. The van der Waals surface area contributed by atoms with Crippen molar-refractivity contribution in [1.82, 2.24) is 4.57 Å². The molecule has 1 aromatic carbocycles. The first-order chi connectivity index (χ1) is 12.6. The summed E-state index contributed by atoms with van der Waals surface area (Å²) in [5, 5.41) is 17.1. The van der Waals surface area contributed by atoms with E-state index in [1.807, 2.05) is 83.8 Å². The largest absolute Gasteiger partial charge is 0.494 e. The van der Waals surface area contributed by atoms with E-state index >= 15 is 0 Å². The number of azo groups is 2. The maximum atomic E-state index is 5.42. The second kappa shape index (κ2) is 7.64. The van der Waals surface area contributed by atoms with Gasteiger partial charge in [0, 0.05) is 17.2 Å². The van der Waals surface area contributed by atoms with Crippen LogP contribution in [0.25, 0.3) is 0 Å². The molecule has 8 heteroatoms. The average molecular weight is 351 g/mol. The van der Waals surface area contributed by atoms with Gasteiger partial charge in [0.1, 0.15) is 5.69 Å². The molecule has 0 bridgehead atoms. The lowest BCUT2D eigenvalue weighted by atomic mass is 10.2. The van der Waals surface area contributed by atoms with E-state index in [-0.39, 0.29) is 0 Å². The molecule has 0 unspecified atom stereocenters. The number of benzene rings is 1. The summed E-state index contributed by atoms with van der Waals surface area (Å²) in [5.41, 5.74) is 1.30. The topological polar surface area (TPSA) is 71.4 Å². The Hall–Kier alpha value is -3.42. The number of methoxy groups -OCH3 is 1. The number of aryl methyl sites for hydroxylation is 3. The molecular weight excluding hydrogens is 330 g/mol. The maximum Gasteiger partial charge on any atom is 0.421 e. The van der Waals surface area contributed by atoms with Gasteiger partial charge in [0.15, 0.2) is 11.4 Å². The van der Waals surface area contributed by atoms with Gasteiger partial charge in [0.25, 0.3) is 0 Å². The van der Waals surface area contributed by atoms with E-state index in [9.17, 15) is 0 Å². The van der Waals surface area contributed by atoms with E-state index in [4.69, 9.17) is 4.74 Å². The SMILES string of the molecule is COc1cc(N=Nc2n(C)cc[n+]2C)ccc1N=Nc1cccc[n+]1C. The number of hydrogen-bond donors (Lipinski definition) is 0. The van der Waals surface area contributed by atoms with Crippen molar-refractivity contribution in [3.63, 3.8) is 0 Å². The summed E-state index contributed by atoms with van der Waals surface area (Å²) in [4.78, 5) is 0. The van der Waals surface area contributed by atoms with Crippen molar-refractivity contribution in [2.45, 2.75) is 0 Å². The first kappa shape index (κ1) is 17.4. The molecule has 3 aromatic rings. The summed E-state index contributed by atoms with van der Waals surface area (Å²) in [6.07, 6.45) is 5.75. The lowest BCUT2D eigenvalue weighted by Crippen LogP contribution is -2.26. The lowest BCUT2D eigenvalue weighted by Gasteiger charge is -2.01. The van der Waals surface area contributed by atoms with E-state index in [0.717, 1.165) is 11.8 Å². The Kier molecular flexibility index (Phi) is 5.12. The summed E-state index contributed by atoms with van der Waals surface area (Å²) < 4.78 is 11.1. The molecule has 2 aromatic heterocycles. The first-order valence-corrected chi connectivity index (χ1v) is 8.05. The highest BCUT2D eigenvalue weighted by Gasteiger charge is 2.12. The van der Waals surface area contributed by atoms with Crippen molar-refractivity contribution in [1.29, 1.82) is 0 Å². The molecule has 0 aliphatic heterocycles. The van der Waals surface area contributed by atoms with Crippen molar-refractivity contribution in [3.8, 4) is 5.75 Å². The zero-order chi connectivity index (χ0) is 18.5. The maximum absolute atomic E-state index is 5.42. The highest BCUT2D eigenvalue weighted by Crippen LogP contribution is 2.33. The summed E-state index contributed by atoms with van der Waals surface area (Å²) in [7, 11) is 7.34. The first-order valence-electron chi connectivity index (χ1n) is 8.05. The zero-order valence-electron chi connectivity index (χ0n) is 15.2. The summed E-state index contributed by atoms with van der Waals surface area (Å²) in [5.74, 6) is 2.07. The van der Waals surface area contributed by atoms with Crippen LogP contribution in [0.3, 0.4) is 0 Å². The number of nitrogens with zero attached hydrogens (tertiary/aromatic N) is 7. The van der Waals surface area contributed by atoms with Gasteiger partial charge in [-0.15, -0.1) is 0 Å². The highest BCUT2D eigenvalue weighted by atomic mass is 16.5. The Bertz CT molecular complexity index is 956. The van der Waals surface area contributed by atoms with Crippen LogP contribution in [-0.4, -0.2) is 11.7 Å². The molecule has 0 aliphatic carbocycles. The van der Waals surface area contributed by atoms with Gasteiger partial charge in [0.2, 0.25) is 0 Å². The molecule has 0 N–H and O–H groups in total. The Morgan fingerprint density at radius 2 is 1.77 bits per heavy atom. The third-order valence-corrected chi connectivity index (χ3v) is 3.85. The molecule has 0 fully saturated rings. The number of aromatic nitrogens is 3. The Morgan fingerprint density at radius 3 is 2.46 bits per heavy atom. The second-order valence-corrected chi connectivity index (χ2v) is 5.75. The molecule has 3 rings (SSSR count). The molecule has 0 saturated heterocycles. The van der Waals surface area contributed by atoms with Crippen LogP contribution in [0.1, 0.15) is 0 Å². The van der Waals surface area contributed by atoms with Crippen LogP contribution in [0, 0.1) is 0 Å². The van der Waals surface area contributed by atoms with Crippen LogP contribution >= 0.6 is 0 Å². The van der Waals surface area contributed by atoms with Crippen LogP contribution in [0.5, 0.6) is 5.75 Å². The molecule has 8 nitrogen and oxygen atoms in total. The van der Waals surface area contributed by atoms with Gasteiger partial charge < -0.3 is 4.74 Å². The Labute approximate surface area is 151 Å². The van der Waals surface area contributed by atoms with E-state index in [2.05, 4.69) is 20.5 Å². The summed E-state index contributed by atoms with van der Waals surface area (Å²) in [6, 6.07) is 11.2. The van der Waals surface area contributed by atoms with Crippen LogP contribution in [0.15, 0.2) is 75.4 Å². The van der Waals surface area contributed by atoms with E-state index < -0.39 is 0 Å². The van der Waals surface area contributed by atoms with Crippen molar-refractivity contribution in [2.24, 2.45) is 41.6 Å². The van der Waals surface area contributed by atoms with Gasteiger partial charge in [-0.3, -0.25) is 0 Å². The number of ether oxygens (including phenoxy) is 1. The smallest absolute Gasteiger partial charge is 0.421 e. The van der Waals surface area contributed by atoms with Gasteiger partial charge >= 0.3 is 11.8 Å². The zero-order valence-corrected chi connectivity index (χ0v) is 15.2. The molecule has 0 aliphatic rings. The van der Waals surface area contributed by atoms with Gasteiger partial charge in [0.05, 0.1) is 52.0 Å².